The smallest absolute Gasteiger partial charge is 0.418 e. The van der Waals surface area contributed by atoms with Crippen molar-refractivity contribution in [1.29, 1.82) is 0 Å². The third-order valence-corrected chi connectivity index (χ3v) is 5.50. The van der Waals surface area contributed by atoms with E-state index in [0.717, 1.165) is 6.07 Å². The van der Waals surface area contributed by atoms with E-state index in [1.165, 1.54) is 19.1 Å². The minimum atomic E-state index is -4.68. The lowest BCUT2D eigenvalue weighted by atomic mass is 9.89. The van der Waals surface area contributed by atoms with Crippen molar-refractivity contribution in [3.8, 4) is 0 Å². The molecule has 1 unspecified atom stereocenters. The molecule has 2 aromatic carbocycles. The van der Waals surface area contributed by atoms with Crippen molar-refractivity contribution in [2.24, 2.45) is 0 Å². The zero-order valence-corrected chi connectivity index (χ0v) is 16.8. The van der Waals surface area contributed by atoms with Crippen LogP contribution in [0.4, 0.5) is 24.5 Å². The van der Waals surface area contributed by atoms with Gasteiger partial charge in [0.15, 0.2) is 5.60 Å². The SMILES string of the molecule is CC1(C(=O)Nc2ccc(N3CCOCC3)cc2C(F)(F)F)Cc2ccccc2C(=O)O1. The molecule has 0 bridgehead atoms. The molecule has 1 atom stereocenters. The number of hydrogen-bond acceptors (Lipinski definition) is 5. The maximum absolute atomic E-state index is 13.8. The van der Waals surface area contributed by atoms with Crippen LogP contribution in [0.2, 0.25) is 0 Å². The Morgan fingerprint density at radius 1 is 1.13 bits per heavy atom. The molecule has 4 rings (SSSR count). The third kappa shape index (κ3) is 4.23. The van der Waals surface area contributed by atoms with Crippen molar-refractivity contribution in [2.45, 2.75) is 25.1 Å². The lowest BCUT2D eigenvalue weighted by Crippen LogP contribution is -2.49. The van der Waals surface area contributed by atoms with Crippen LogP contribution in [-0.2, 0) is 26.9 Å². The summed E-state index contributed by atoms with van der Waals surface area (Å²) in [6.07, 6.45) is -4.62. The lowest BCUT2D eigenvalue weighted by Gasteiger charge is -2.33. The number of ether oxygens (including phenoxy) is 2. The highest BCUT2D eigenvalue weighted by molar-refractivity contribution is 6.03. The highest BCUT2D eigenvalue weighted by Gasteiger charge is 2.44. The van der Waals surface area contributed by atoms with Crippen LogP contribution in [0, 0.1) is 0 Å². The summed E-state index contributed by atoms with van der Waals surface area (Å²) in [5.41, 5.74) is -1.62. The Kier molecular flexibility index (Phi) is 5.38. The van der Waals surface area contributed by atoms with Crippen LogP contribution in [0.1, 0.15) is 28.4 Å². The molecule has 0 saturated carbocycles. The molecule has 2 heterocycles. The first-order valence-corrected chi connectivity index (χ1v) is 9.84. The van der Waals surface area contributed by atoms with Gasteiger partial charge in [0.2, 0.25) is 0 Å². The van der Waals surface area contributed by atoms with Gasteiger partial charge in [-0.05, 0) is 36.8 Å². The standard InChI is InChI=1S/C22H21F3N2O4/c1-21(13-14-4-2-3-5-16(14)19(28)31-21)20(29)26-18-7-6-15(12-17(18)22(23,24)25)27-8-10-30-11-9-27/h2-7,12H,8-11,13H2,1H3,(H,26,29). The monoisotopic (exact) mass is 434 g/mol. The number of hydrogen-bond donors (Lipinski definition) is 1. The maximum atomic E-state index is 13.8. The second kappa shape index (κ2) is 7.88. The number of rotatable bonds is 3. The minimum absolute atomic E-state index is 0.0635. The summed E-state index contributed by atoms with van der Waals surface area (Å²) in [6.45, 7) is 3.23. The molecule has 164 valence electrons. The normalized spacial score (nSPS) is 21.3. The Bertz CT molecular complexity index is 1020. The first-order valence-electron chi connectivity index (χ1n) is 9.84. The van der Waals surface area contributed by atoms with Crippen LogP contribution in [0.5, 0.6) is 0 Å². The van der Waals surface area contributed by atoms with Crippen LogP contribution in [0.15, 0.2) is 42.5 Å². The Hall–Kier alpha value is -3.07. The predicted molar refractivity (Wildman–Crippen MR) is 107 cm³/mol. The van der Waals surface area contributed by atoms with Gasteiger partial charge in [0.1, 0.15) is 0 Å². The number of carbonyl (C=O) groups is 2. The fourth-order valence-electron chi connectivity index (χ4n) is 3.81. The molecule has 2 aromatic rings. The number of fused-ring (bicyclic) bond motifs is 1. The van der Waals surface area contributed by atoms with Gasteiger partial charge in [-0.15, -0.1) is 0 Å². The molecular formula is C22H21F3N2O4. The number of morpholine rings is 1. The van der Waals surface area contributed by atoms with Crippen molar-refractivity contribution in [1.82, 2.24) is 0 Å². The first-order chi connectivity index (χ1) is 14.7. The fourth-order valence-corrected chi connectivity index (χ4v) is 3.81. The summed E-state index contributed by atoms with van der Waals surface area (Å²) in [4.78, 5) is 27.0. The number of carbonyl (C=O) groups excluding carboxylic acids is 2. The van der Waals surface area contributed by atoms with Gasteiger partial charge in [0.25, 0.3) is 5.91 Å². The Balaban J connectivity index is 1.61. The van der Waals surface area contributed by atoms with E-state index in [9.17, 15) is 22.8 Å². The Labute approximate surface area is 176 Å². The quantitative estimate of drug-likeness (QED) is 0.747. The van der Waals surface area contributed by atoms with Crippen LogP contribution in [0.3, 0.4) is 0 Å². The fraction of sp³-hybridized carbons (Fsp3) is 0.364. The maximum Gasteiger partial charge on any atom is 0.418 e. The molecule has 1 saturated heterocycles. The van der Waals surface area contributed by atoms with Crippen molar-refractivity contribution < 1.29 is 32.2 Å². The number of halogens is 3. The van der Waals surface area contributed by atoms with Gasteiger partial charge in [-0.1, -0.05) is 18.2 Å². The number of esters is 1. The molecule has 0 aliphatic carbocycles. The van der Waals surface area contributed by atoms with E-state index in [4.69, 9.17) is 9.47 Å². The molecule has 31 heavy (non-hydrogen) atoms. The molecule has 1 amide bonds. The molecule has 1 fully saturated rings. The average Bonchev–Trinajstić information content (AvgIpc) is 2.74. The van der Waals surface area contributed by atoms with E-state index in [2.05, 4.69) is 5.32 Å². The van der Waals surface area contributed by atoms with Gasteiger partial charge in [-0.2, -0.15) is 13.2 Å². The molecule has 2 aliphatic heterocycles. The summed E-state index contributed by atoms with van der Waals surface area (Å²) in [7, 11) is 0. The van der Waals surface area contributed by atoms with E-state index >= 15 is 0 Å². The van der Waals surface area contributed by atoms with E-state index in [-0.39, 0.29) is 12.1 Å². The molecule has 0 spiro atoms. The topological polar surface area (TPSA) is 67.9 Å². The summed E-state index contributed by atoms with van der Waals surface area (Å²) >= 11 is 0. The average molecular weight is 434 g/mol. The third-order valence-electron chi connectivity index (χ3n) is 5.50. The number of cyclic esters (lactones) is 1. The van der Waals surface area contributed by atoms with Gasteiger partial charge in [-0.25, -0.2) is 4.79 Å². The van der Waals surface area contributed by atoms with Crippen molar-refractivity contribution in [2.75, 3.05) is 36.5 Å². The predicted octanol–water partition coefficient (Wildman–Crippen LogP) is 3.65. The van der Waals surface area contributed by atoms with Crippen molar-refractivity contribution in [3.63, 3.8) is 0 Å². The molecule has 0 radical (unpaired) electrons. The zero-order chi connectivity index (χ0) is 22.2. The summed E-state index contributed by atoms with van der Waals surface area (Å²) in [5.74, 6) is -1.50. The molecule has 2 aliphatic rings. The second-order valence-corrected chi connectivity index (χ2v) is 7.74. The molecule has 9 heteroatoms. The van der Waals surface area contributed by atoms with Crippen LogP contribution >= 0.6 is 0 Å². The molecule has 1 N–H and O–H groups in total. The van der Waals surface area contributed by atoms with Crippen LogP contribution in [-0.4, -0.2) is 43.8 Å². The van der Waals surface area contributed by atoms with Gasteiger partial charge in [0.05, 0.1) is 30.0 Å². The number of benzene rings is 2. The summed E-state index contributed by atoms with van der Waals surface area (Å²) in [5, 5.41) is 2.33. The van der Waals surface area contributed by atoms with E-state index in [0.29, 0.717) is 43.1 Å². The number of alkyl halides is 3. The molecular weight excluding hydrogens is 413 g/mol. The van der Waals surface area contributed by atoms with Gasteiger partial charge >= 0.3 is 12.1 Å². The van der Waals surface area contributed by atoms with Crippen LogP contribution < -0.4 is 10.2 Å². The van der Waals surface area contributed by atoms with Gasteiger partial charge < -0.3 is 19.7 Å². The van der Waals surface area contributed by atoms with E-state index < -0.39 is 29.2 Å². The minimum Gasteiger partial charge on any atom is -0.445 e. The molecule has 0 aromatic heterocycles. The number of amides is 1. The van der Waals surface area contributed by atoms with Crippen molar-refractivity contribution >= 4 is 23.3 Å². The highest BCUT2D eigenvalue weighted by Crippen LogP contribution is 2.38. The number of nitrogens with one attached hydrogen (secondary N) is 1. The number of nitrogens with zero attached hydrogens (tertiary/aromatic N) is 1. The van der Waals surface area contributed by atoms with Crippen LogP contribution in [0.25, 0.3) is 0 Å². The number of anilines is 2. The van der Waals surface area contributed by atoms with E-state index in [1.54, 1.807) is 29.2 Å². The first kappa shape index (κ1) is 21.2. The second-order valence-electron chi connectivity index (χ2n) is 7.74. The zero-order valence-electron chi connectivity index (χ0n) is 16.8. The lowest BCUT2D eigenvalue weighted by molar-refractivity contribution is -0.137. The highest BCUT2D eigenvalue weighted by atomic mass is 19.4. The largest absolute Gasteiger partial charge is 0.445 e. The van der Waals surface area contributed by atoms with Gasteiger partial charge in [-0.3, -0.25) is 4.79 Å². The van der Waals surface area contributed by atoms with E-state index in [1.807, 2.05) is 0 Å². The summed E-state index contributed by atoms with van der Waals surface area (Å²) in [6, 6.07) is 10.5. The Morgan fingerprint density at radius 2 is 1.84 bits per heavy atom. The summed E-state index contributed by atoms with van der Waals surface area (Å²) < 4.78 is 51.9. The Morgan fingerprint density at radius 3 is 2.55 bits per heavy atom. The van der Waals surface area contributed by atoms with Crippen molar-refractivity contribution in [3.05, 3.63) is 59.2 Å². The molecule has 6 nitrogen and oxygen atoms in total. The van der Waals surface area contributed by atoms with Gasteiger partial charge in [0, 0.05) is 25.2 Å².